The first kappa shape index (κ1) is 38.8. The molecule has 0 saturated heterocycles. The van der Waals surface area contributed by atoms with E-state index >= 15 is 0 Å². The van der Waals surface area contributed by atoms with Crippen molar-refractivity contribution in [2.45, 2.75) is 0 Å². The lowest BCUT2D eigenvalue weighted by Gasteiger charge is -2.15. The second-order valence-corrected chi connectivity index (χ2v) is 17.5. The Balaban J connectivity index is 0.971. The van der Waals surface area contributed by atoms with Crippen LogP contribution in [0.25, 0.3) is 139 Å². The number of rotatable bonds is 7. The van der Waals surface area contributed by atoms with Crippen molar-refractivity contribution in [1.82, 2.24) is 19.5 Å². The van der Waals surface area contributed by atoms with E-state index in [1.807, 2.05) is 72.8 Å². The standard InChI is InChI=1S/C63H38N4O2/c1-4-17-39(18-5-1)42-33-34-54-50(36-42)46-25-10-12-30-53(46)67(54)55-38-58-52(47-26-11-13-31-56(47)68-58)37-51(55)48-28-15-29-49-59-45(27-16-32-57(59)69-60(48)49)43-23-14-24-44(35-43)63-65-61(40-19-6-2-7-20-40)64-62(66-63)41-21-8-3-9-22-41/h1-38H. The second kappa shape index (κ2) is 15.6. The Morgan fingerprint density at radius 2 is 0.855 bits per heavy atom. The number of para-hydroxylation sites is 3. The summed E-state index contributed by atoms with van der Waals surface area (Å²) in [6, 6.07) is 80.4. The summed E-state index contributed by atoms with van der Waals surface area (Å²) in [6.45, 7) is 0. The van der Waals surface area contributed by atoms with E-state index in [9.17, 15) is 0 Å². The molecule has 0 aliphatic carbocycles. The summed E-state index contributed by atoms with van der Waals surface area (Å²) in [5.74, 6) is 1.85. The molecule has 0 unspecified atom stereocenters. The lowest BCUT2D eigenvalue weighted by atomic mass is 9.95. The number of hydrogen-bond donors (Lipinski definition) is 0. The number of furan rings is 2. The predicted octanol–water partition coefficient (Wildman–Crippen LogP) is 16.8. The van der Waals surface area contributed by atoms with Crippen molar-refractivity contribution in [3.05, 3.63) is 231 Å². The first-order valence-electron chi connectivity index (χ1n) is 23.2. The molecule has 6 heteroatoms. The van der Waals surface area contributed by atoms with Gasteiger partial charge in [0.15, 0.2) is 17.5 Å². The molecule has 69 heavy (non-hydrogen) atoms. The van der Waals surface area contributed by atoms with Gasteiger partial charge in [-0.2, -0.15) is 0 Å². The molecule has 6 nitrogen and oxygen atoms in total. The van der Waals surface area contributed by atoms with E-state index in [0.29, 0.717) is 17.5 Å². The maximum absolute atomic E-state index is 7.07. The molecular weight excluding hydrogens is 845 g/mol. The Labute approximate surface area is 396 Å². The van der Waals surface area contributed by atoms with E-state index in [-0.39, 0.29) is 0 Å². The summed E-state index contributed by atoms with van der Waals surface area (Å²) in [5.41, 5.74) is 15.7. The SMILES string of the molecule is c1ccc(-c2ccc3c(c2)c2ccccc2n3-c2cc3oc4ccccc4c3cc2-c2cccc3c2oc2cccc(-c4cccc(-c5nc(-c6ccccc6)nc(-c6ccccc6)n5)c4)c23)cc1. The average Bonchev–Trinajstić information content (AvgIpc) is 4.10. The highest BCUT2D eigenvalue weighted by atomic mass is 16.3. The molecule has 0 amide bonds. The van der Waals surface area contributed by atoms with Gasteiger partial charge in [0.2, 0.25) is 0 Å². The minimum atomic E-state index is 0.604. The molecule has 0 aliphatic rings. The Kier molecular flexibility index (Phi) is 8.79. The summed E-state index contributed by atoms with van der Waals surface area (Å²) in [7, 11) is 0. The second-order valence-electron chi connectivity index (χ2n) is 17.5. The number of aromatic nitrogens is 4. The van der Waals surface area contributed by atoms with Gasteiger partial charge < -0.3 is 13.4 Å². The van der Waals surface area contributed by atoms with Gasteiger partial charge in [0.25, 0.3) is 0 Å². The van der Waals surface area contributed by atoms with Gasteiger partial charge in [-0.25, -0.2) is 15.0 Å². The van der Waals surface area contributed by atoms with Gasteiger partial charge in [-0.15, -0.1) is 0 Å². The third kappa shape index (κ3) is 6.38. The topological polar surface area (TPSA) is 69.9 Å². The minimum absolute atomic E-state index is 0.604. The molecule has 0 fully saturated rings. The van der Waals surface area contributed by atoms with Gasteiger partial charge in [-0.3, -0.25) is 0 Å². The van der Waals surface area contributed by atoms with Gasteiger partial charge in [0.05, 0.1) is 16.7 Å². The van der Waals surface area contributed by atoms with Crippen LogP contribution in [0.4, 0.5) is 0 Å². The lowest BCUT2D eigenvalue weighted by Crippen LogP contribution is -2.00. The maximum atomic E-state index is 7.07. The number of hydrogen-bond acceptors (Lipinski definition) is 5. The van der Waals surface area contributed by atoms with Crippen molar-refractivity contribution in [1.29, 1.82) is 0 Å². The van der Waals surface area contributed by atoms with Crippen molar-refractivity contribution in [3.8, 4) is 73.2 Å². The Hall–Kier alpha value is -9.39. The average molecular weight is 883 g/mol. The monoisotopic (exact) mass is 882 g/mol. The molecule has 10 aromatic carbocycles. The number of fused-ring (bicyclic) bond motifs is 9. The molecule has 4 heterocycles. The Bertz CT molecular complexity index is 4250. The molecular formula is C63H38N4O2. The molecule has 322 valence electrons. The molecule has 4 aromatic heterocycles. The van der Waals surface area contributed by atoms with Crippen molar-refractivity contribution in [2.24, 2.45) is 0 Å². The van der Waals surface area contributed by atoms with Crippen LogP contribution in [0.1, 0.15) is 0 Å². The molecule has 0 bridgehead atoms. The van der Waals surface area contributed by atoms with Crippen LogP contribution in [0.15, 0.2) is 239 Å². The molecule has 0 aliphatic heterocycles. The summed E-state index contributed by atoms with van der Waals surface area (Å²) in [6.07, 6.45) is 0. The highest BCUT2D eigenvalue weighted by molar-refractivity contribution is 6.18. The summed E-state index contributed by atoms with van der Waals surface area (Å²) < 4.78 is 16.1. The van der Waals surface area contributed by atoms with Crippen LogP contribution in [0.3, 0.4) is 0 Å². The van der Waals surface area contributed by atoms with E-state index in [2.05, 4.69) is 162 Å². The minimum Gasteiger partial charge on any atom is -0.456 e. The van der Waals surface area contributed by atoms with Gasteiger partial charge in [-0.1, -0.05) is 182 Å². The Morgan fingerprint density at radius 1 is 0.290 bits per heavy atom. The smallest absolute Gasteiger partial charge is 0.164 e. The van der Waals surface area contributed by atoms with Crippen LogP contribution in [0, 0.1) is 0 Å². The maximum Gasteiger partial charge on any atom is 0.164 e. The number of nitrogens with zero attached hydrogens (tertiary/aromatic N) is 4. The molecule has 0 N–H and O–H groups in total. The van der Waals surface area contributed by atoms with Crippen LogP contribution in [0.5, 0.6) is 0 Å². The van der Waals surface area contributed by atoms with Crippen LogP contribution in [-0.2, 0) is 0 Å². The zero-order valence-electron chi connectivity index (χ0n) is 37.0. The zero-order valence-corrected chi connectivity index (χ0v) is 37.0. The molecule has 0 atom stereocenters. The first-order valence-corrected chi connectivity index (χ1v) is 23.2. The van der Waals surface area contributed by atoms with E-state index < -0.39 is 0 Å². The van der Waals surface area contributed by atoms with Gasteiger partial charge >= 0.3 is 0 Å². The fraction of sp³-hybridized carbons (Fsp3) is 0. The van der Waals surface area contributed by atoms with Gasteiger partial charge in [0.1, 0.15) is 22.3 Å². The van der Waals surface area contributed by atoms with Crippen molar-refractivity contribution in [3.63, 3.8) is 0 Å². The van der Waals surface area contributed by atoms with Crippen LogP contribution in [0.2, 0.25) is 0 Å². The Morgan fingerprint density at radius 3 is 1.62 bits per heavy atom. The normalized spacial score (nSPS) is 11.8. The largest absolute Gasteiger partial charge is 0.456 e. The van der Waals surface area contributed by atoms with E-state index in [4.69, 9.17) is 23.8 Å². The molecule has 0 radical (unpaired) electrons. The summed E-state index contributed by atoms with van der Waals surface area (Å²) in [4.78, 5) is 15.0. The third-order valence-corrected chi connectivity index (χ3v) is 13.5. The highest BCUT2D eigenvalue weighted by Crippen LogP contribution is 2.46. The first-order chi connectivity index (χ1) is 34.2. The van der Waals surface area contributed by atoms with Crippen LogP contribution in [-0.4, -0.2) is 19.5 Å². The zero-order chi connectivity index (χ0) is 45.4. The third-order valence-electron chi connectivity index (χ3n) is 13.5. The quantitative estimate of drug-likeness (QED) is 0.159. The summed E-state index contributed by atoms with van der Waals surface area (Å²) >= 11 is 0. The molecule has 0 saturated carbocycles. The van der Waals surface area contributed by atoms with E-state index in [0.717, 1.165) is 99.5 Å². The fourth-order valence-electron chi connectivity index (χ4n) is 10.3. The van der Waals surface area contributed by atoms with Crippen LogP contribution >= 0.6 is 0 Å². The molecule has 0 spiro atoms. The lowest BCUT2D eigenvalue weighted by molar-refractivity contribution is 0.668. The number of benzene rings is 10. The van der Waals surface area contributed by atoms with Crippen molar-refractivity contribution < 1.29 is 8.83 Å². The van der Waals surface area contributed by atoms with E-state index in [1.165, 1.54) is 21.9 Å². The fourth-order valence-corrected chi connectivity index (χ4v) is 10.3. The highest BCUT2D eigenvalue weighted by Gasteiger charge is 2.23. The van der Waals surface area contributed by atoms with E-state index in [1.54, 1.807) is 0 Å². The van der Waals surface area contributed by atoms with Crippen LogP contribution < -0.4 is 0 Å². The van der Waals surface area contributed by atoms with Crippen molar-refractivity contribution in [2.75, 3.05) is 0 Å². The molecule has 14 rings (SSSR count). The van der Waals surface area contributed by atoms with Crippen molar-refractivity contribution >= 4 is 65.7 Å². The van der Waals surface area contributed by atoms with Gasteiger partial charge in [0, 0.05) is 66.2 Å². The molecule has 14 aromatic rings. The summed E-state index contributed by atoms with van der Waals surface area (Å²) in [5, 5.41) is 6.55. The van der Waals surface area contributed by atoms with Gasteiger partial charge in [-0.05, 0) is 64.7 Å². The predicted molar refractivity (Wildman–Crippen MR) is 281 cm³/mol.